The van der Waals surface area contributed by atoms with E-state index in [2.05, 4.69) is 9.97 Å². The van der Waals surface area contributed by atoms with Gasteiger partial charge in [0.15, 0.2) is 0 Å². The van der Waals surface area contributed by atoms with Crippen LogP contribution in [0.15, 0.2) is 48.2 Å². The number of hydrogen-bond donors (Lipinski definition) is 1. The number of H-pyrrole nitrogens is 1. The molecule has 8 heteroatoms. The van der Waals surface area contributed by atoms with Crippen molar-refractivity contribution in [2.24, 2.45) is 0 Å². The van der Waals surface area contributed by atoms with Crippen LogP contribution in [0.25, 0.3) is 17.1 Å². The summed E-state index contributed by atoms with van der Waals surface area (Å²) in [5, 5.41) is 0. The number of amides is 2. The lowest BCUT2D eigenvalue weighted by molar-refractivity contribution is -0.116. The first-order valence-corrected chi connectivity index (χ1v) is 10.1. The fraction of sp³-hybridized carbons (Fsp3) is 0.217. The molecule has 2 aliphatic rings. The van der Waals surface area contributed by atoms with E-state index in [0.29, 0.717) is 54.5 Å². The SMILES string of the molecule is CC(=O)N1/C(=C\c2ccc3[nH]c(C(=O)N4CCOCC4)cc3n2)C(=O)c2ccccc21. The fourth-order valence-corrected chi connectivity index (χ4v) is 4.00. The van der Waals surface area contributed by atoms with Gasteiger partial charge in [-0.15, -0.1) is 0 Å². The number of pyridine rings is 1. The molecule has 0 spiro atoms. The molecule has 8 nitrogen and oxygen atoms in total. The molecule has 0 atom stereocenters. The number of carbonyl (C=O) groups excluding carboxylic acids is 3. The molecule has 1 N–H and O–H groups in total. The van der Waals surface area contributed by atoms with Crippen molar-refractivity contribution in [2.75, 3.05) is 31.2 Å². The number of aromatic nitrogens is 2. The first-order chi connectivity index (χ1) is 15.0. The van der Waals surface area contributed by atoms with Gasteiger partial charge in [0.1, 0.15) is 5.69 Å². The highest BCUT2D eigenvalue weighted by Crippen LogP contribution is 2.35. The minimum absolute atomic E-state index is 0.0922. The third-order valence-electron chi connectivity index (χ3n) is 5.49. The van der Waals surface area contributed by atoms with Crippen molar-refractivity contribution < 1.29 is 19.1 Å². The average Bonchev–Trinajstić information content (AvgIpc) is 3.33. The molecule has 0 radical (unpaired) electrons. The number of nitrogens with zero attached hydrogens (tertiary/aromatic N) is 3. The zero-order chi connectivity index (χ0) is 21.5. The lowest BCUT2D eigenvalue weighted by Gasteiger charge is -2.26. The number of benzene rings is 1. The average molecular weight is 416 g/mol. The summed E-state index contributed by atoms with van der Waals surface area (Å²) in [5.41, 5.74) is 3.66. The Morgan fingerprint density at radius 3 is 2.68 bits per heavy atom. The van der Waals surface area contributed by atoms with E-state index in [0.717, 1.165) is 5.52 Å². The highest BCUT2D eigenvalue weighted by molar-refractivity contribution is 6.26. The van der Waals surface area contributed by atoms with E-state index in [4.69, 9.17) is 4.74 Å². The number of rotatable bonds is 2. The van der Waals surface area contributed by atoms with Gasteiger partial charge in [-0.3, -0.25) is 19.3 Å². The van der Waals surface area contributed by atoms with Crippen LogP contribution in [0, 0.1) is 0 Å². The monoisotopic (exact) mass is 416 g/mol. The predicted octanol–water partition coefficient (Wildman–Crippen LogP) is 2.63. The van der Waals surface area contributed by atoms with Crippen LogP contribution in [0.3, 0.4) is 0 Å². The first-order valence-electron chi connectivity index (χ1n) is 10.1. The third kappa shape index (κ3) is 3.30. The zero-order valence-corrected chi connectivity index (χ0v) is 16.9. The summed E-state index contributed by atoms with van der Waals surface area (Å²) in [6.45, 7) is 3.61. The smallest absolute Gasteiger partial charge is 0.270 e. The molecule has 0 unspecified atom stereocenters. The van der Waals surface area contributed by atoms with Gasteiger partial charge in [0, 0.05) is 25.6 Å². The normalized spacial score (nSPS) is 17.5. The molecule has 5 rings (SSSR count). The maximum atomic E-state index is 12.9. The number of ether oxygens (including phenoxy) is 1. The second kappa shape index (κ2) is 7.48. The van der Waals surface area contributed by atoms with E-state index in [1.165, 1.54) is 11.8 Å². The first kappa shape index (κ1) is 19.2. The van der Waals surface area contributed by atoms with Crippen LogP contribution in [-0.4, -0.2) is 58.8 Å². The number of morpholine rings is 1. The number of anilines is 1. The molecule has 4 heterocycles. The lowest BCUT2D eigenvalue weighted by atomic mass is 10.1. The van der Waals surface area contributed by atoms with E-state index in [-0.39, 0.29) is 23.3 Å². The van der Waals surface area contributed by atoms with Crippen molar-refractivity contribution in [1.29, 1.82) is 0 Å². The van der Waals surface area contributed by atoms with Gasteiger partial charge in [0.2, 0.25) is 11.7 Å². The number of Topliss-reactive ketones (excluding diaryl/α,β-unsaturated/α-hetero) is 1. The largest absolute Gasteiger partial charge is 0.378 e. The summed E-state index contributed by atoms with van der Waals surface area (Å²) < 4.78 is 5.30. The van der Waals surface area contributed by atoms with Crippen LogP contribution in [0.4, 0.5) is 5.69 Å². The summed E-state index contributed by atoms with van der Waals surface area (Å²) in [6.07, 6.45) is 1.61. The van der Waals surface area contributed by atoms with Gasteiger partial charge < -0.3 is 14.6 Å². The van der Waals surface area contributed by atoms with Crippen molar-refractivity contribution in [1.82, 2.24) is 14.9 Å². The molecule has 3 aromatic rings. The maximum absolute atomic E-state index is 12.9. The molecule has 0 bridgehead atoms. The zero-order valence-electron chi connectivity index (χ0n) is 16.9. The van der Waals surface area contributed by atoms with Crippen LogP contribution in [0.1, 0.15) is 33.5 Å². The Hall–Kier alpha value is -3.78. The number of hydrogen-bond acceptors (Lipinski definition) is 5. The molecule has 2 aliphatic heterocycles. The van der Waals surface area contributed by atoms with Crippen LogP contribution >= 0.6 is 0 Å². The lowest BCUT2D eigenvalue weighted by Crippen LogP contribution is -2.40. The molecule has 1 saturated heterocycles. The second-order valence-electron chi connectivity index (χ2n) is 7.49. The van der Waals surface area contributed by atoms with E-state index >= 15 is 0 Å². The number of carbonyl (C=O) groups is 3. The Morgan fingerprint density at radius 1 is 1.13 bits per heavy atom. The summed E-state index contributed by atoms with van der Waals surface area (Å²) in [6, 6.07) is 12.3. The van der Waals surface area contributed by atoms with E-state index in [1.807, 2.05) is 6.07 Å². The quantitative estimate of drug-likeness (QED) is 0.648. The Bertz CT molecular complexity index is 1250. The molecule has 0 aliphatic carbocycles. The van der Waals surface area contributed by atoms with E-state index in [9.17, 15) is 14.4 Å². The van der Waals surface area contributed by atoms with Gasteiger partial charge in [0.25, 0.3) is 5.91 Å². The summed E-state index contributed by atoms with van der Waals surface area (Å²) in [4.78, 5) is 48.7. The van der Waals surface area contributed by atoms with Gasteiger partial charge >= 0.3 is 0 Å². The van der Waals surface area contributed by atoms with Gasteiger partial charge in [0.05, 0.1) is 41.3 Å². The molecule has 0 saturated carbocycles. The van der Waals surface area contributed by atoms with Crippen LogP contribution in [-0.2, 0) is 9.53 Å². The molecule has 1 fully saturated rings. The Morgan fingerprint density at radius 2 is 1.90 bits per heavy atom. The van der Waals surface area contributed by atoms with Crippen LogP contribution in [0.5, 0.6) is 0 Å². The third-order valence-corrected chi connectivity index (χ3v) is 5.49. The van der Waals surface area contributed by atoms with Crippen molar-refractivity contribution in [3.63, 3.8) is 0 Å². The van der Waals surface area contributed by atoms with Crippen molar-refractivity contribution >= 4 is 40.4 Å². The fourth-order valence-electron chi connectivity index (χ4n) is 4.00. The van der Waals surface area contributed by atoms with E-state index in [1.54, 1.807) is 47.4 Å². The predicted molar refractivity (Wildman–Crippen MR) is 115 cm³/mol. The summed E-state index contributed by atoms with van der Waals surface area (Å²) in [5.74, 6) is -0.555. The molecule has 2 amide bonds. The molecular formula is C23H20N4O4. The summed E-state index contributed by atoms with van der Waals surface area (Å²) >= 11 is 0. The number of allylic oxidation sites excluding steroid dienone is 1. The van der Waals surface area contributed by atoms with Gasteiger partial charge in [-0.25, -0.2) is 4.98 Å². The topological polar surface area (TPSA) is 95.6 Å². The highest BCUT2D eigenvalue weighted by Gasteiger charge is 2.34. The standard InChI is InChI=1S/C23H20N4O4/c1-14(28)27-20-5-3-2-4-16(20)22(29)21(27)12-15-6-7-17-18(24-15)13-19(25-17)23(30)26-8-10-31-11-9-26/h2-7,12-13,25H,8-11H2,1H3/b21-12-. The van der Waals surface area contributed by atoms with Gasteiger partial charge in [-0.2, -0.15) is 0 Å². The molecule has 31 heavy (non-hydrogen) atoms. The molecule has 156 valence electrons. The van der Waals surface area contributed by atoms with Crippen molar-refractivity contribution in [3.8, 4) is 0 Å². The van der Waals surface area contributed by atoms with Gasteiger partial charge in [-0.1, -0.05) is 12.1 Å². The Kier molecular flexibility index (Phi) is 4.63. The molecule has 1 aromatic carbocycles. The van der Waals surface area contributed by atoms with Crippen LogP contribution in [0.2, 0.25) is 0 Å². The molecule has 2 aromatic heterocycles. The summed E-state index contributed by atoms with van der Waals surface area (Å²) in [7, 11) is 0. The second-order valence-corrected chi connectivity index (χ2v) is 7.49. The van der Waals surface area contributed by atoms with Crippen molar-refractivity contribution in [3.05, 3.63) is 65.1 Å². The highest BCUT2D eigenvalue weighted by atomic mass is 16.5. The van der Waals surface area contributed by atoms with Crippen molar-refractivity contribution in [2.45, 2.75) is 6.92 Å². The number of fused-ring (bicyclic) bond motifs is 2. The minimum Gasteiger partial charge on any atom is -0.378 e. The minimum atomic E-state index is -0.245. The number of ketones is 1. The van der Waals surface area contributed by atoms with Gasteiger partial charge in [-0.05, 0) is 36.4 Å². The van der Waals surface area contributed by atoms with Crippen LogP contribution < -0.4 is 4.90 Å². The number of nitrogens with one attached hydrogen (secondary N) is 1. The van der Waals surface area contributed by atoms with E-state index < -0.39 is 0 Å². The molecular weight excluding hydrogens is 396 g/mol. The number of para-hydroxylation sites is 1. The Labute approximate surface area is 178 Å². The number of aromatic amines is 1. The maximum Gasteiger partial charge on any atom is 0.270 e. The Balaban J connectivity index is 1.49.